The third kappa shape index (κ3) is 6.51. The fraction of sp³-hybridized carbons (Fsp3) is 0.360. The zero-order chi connectivity index (χ0) is 23.0. The van der Waals surface area contributed by atoms with Crippen LogP contribution in [0.3, 0.4) is 0 Å². The molecule has 4 rings (SSSR count). The van der Waals surface area contributed by atoms with Gasteiger partial charge in [0.15, 0.2) is 0 Å². The highest BCUT2D eigenvalue weighted by Crippen LogP contribution is 2.32. The molecule has 1 aromatic heterocycles. The van der Waals surface area contributed by atoms with Crippen LogP contribution in [0, 0.1) is 5.82 Å². The monoisotopic (exact) mass is 486 g/mol. The van der Waals surface area contributed by atoms with Crippen molar-refractivity contribution in [3.63, 3.8) is 0 Å². The average Bonchev–Trinajstić information content (AvgIpc) is 2.84. The molecule has 3 aromatic rings. The Morgan fingerprint density at radius 3 is 2.58 bits per heavy atom. The fourth-order valence-electron chi connectivity index (χ4n) is 3.96. The maximum Gasteiger partial charge on any atom is 0.222 e. The highest BCUT2D eigenvalue weighted by molar-refractivity contribution is 8.00. The number of aryl methyl sites for hydroxylation is 2. The summed E-state index contributed by atoms with van der Waals surface area (Å²) >= 11 is 7.44. The molecule has 1 fully saturated rings. The smallest absolute Gasteiger partial charge is 0.222 e. The SMILES string of the molecule is COc1cc(NSc2ccccc2Cl)c(F)cc1CCc1cnc(NC2CCCCC2)nc1. The summed E-state index contributed by atoms with van der Waals surface area (Å²) in [5, 5.41) is 4.04. The number of nitrogens with zero attached hydrogens (tertiary/aromatic N) is 2. The number of ether oxygens (including phenoxy) is 1. The summed E-state index contributed by atoms with van der Waals surface area (Å²) in [5.41, 5.74) is 2.15. The average molecular weight is 487 g/mol. The van der Waals surface area contributed by atoms with E-state index in [1.165, 1.54) is 50.1 Å². The molecule has 2 aromatic carbocycles. The molecular weight excluding hydrogens is 459 g/mol. The fourth-order valence-corrected chi connectivity index (χ4v) is 4.90. The molecule has 0 radical (unpaired) electrons. The first-order valence-corrected chi connectivity index (χ1v) is 12.4. The highest BCUT2D eigenvalue weighted by Gasteiger charge is 2.15. The largest absolute Gasteiger partial charge is 0.496 e. The molecule has 5 nitrogen and oxygen atoms in total. The van der Waals surface area contributed by atoms with Crippen molar-refractivity contribution in [2.24, 2.45) is 0 Å². The highest BCUT2D eigenvalue weighted by atomic mass is 35.5. The molecule has 1 heterocycles. The van der Waals surface area contributed by atoms with E-state index in [2.05, 4.69) is 20.0 Å². The number of aromatic nitrogens is 2. The van der Waals surface area contributed by atoms with Crippen LogP contribution in [0.25, 0.3) is 0 Å². The summed E-state index contributed by atoms with van der Waals surface area (Å²) in [7, 11) is 1.59. The predicted octanol–water partition coefficient (Wildman–Crippen LogP) is 6.93. The van der Waals surface area contributed by atoms with Gasteiger partial charge < -0.3 is 14.8 Å². The minimum atomic E-state index is -0.339. The summed E-state index contributed by atoms with van der Waals surface area (Å²) in [6.45, 7) is 0. The second kappa shape index (κ2) is 11.6. The molecule has 0 amide bonds. The second-order valence-electron chi connectivity index (χ2n) is 8.17. The van der Waals surface area contributed by atoms with Crippen LogP contribution in [0.15, 0.2) is 53.7 Å². The lowest BCUT2D eigenvalue weighted by molar-refractivity contribution is 0.408. The molecule has 174 valence electrons. The minimum absolute atomic E-state index is 0.339. The van der Waals surface area contributed by atoms with Crippen LogP contribution in [0.5, 0.6) is 5.75 Å². The third-order valence-electron chi connectivity index (χ3n) is 5.80. The van der Waals surface area contributed by atoms with E-state index in [0.29, 0.717) is 41.3 Å². The molecular formula is C25H28ClFN4OS. The van der Waals surface area contributed by atoms with Gasteiger partial charge in [-0.15, -0.1) is 0 Å². The van der Waals surface area contributed by atoms with Crippen molar-refractivity contribution in [3.05, 3.63) is 70.8 Å². The van der Waals surface area contributed by atoms with Crippen LogP contribution in [0.1, 0.15) is 43.2 Å². The van der Waals surface area contributed by atoms with Crippen LogP contribution in [0.4, 0.5) is 16.0 Å². The number of methoxy groups -OCH3 is 1. The maximum absolute atomic E-state index is 14.8. The molecule has 1 saturated carbocycles. The Labute approximate surface area is 203 Å². The van der Waals surface area contributed by atoms with Gasteiger partial charge in [0.2, 0.25) is 5.95 Å². The van der Waals surface area contributed by atoms with Gasteiger partial charge in [0.1, 0.15) is 11.6 Å². The molecule has 1 aliphatic rings. The predicted molar refractivity (Wildman–Crippen MR) is 134 cm³/mol. The van der Waals surface area contributed by atoms with E-state index in [1.54, 1.807) is 19.2 Å². The van der Waals surface area contributed by atoms with Gasteiger partial charge in [0.05, 0.1) is 17.8 Å². The lowest BCUT2D eigenvalue weighted by Gasteiger charge is -2.22. The van der Waals surface area contributed by atoms with Gasteiger partial charge in [0, 0.05) is 29.4 Å². The molecule has 33 heavy (non-hydrogen) atoms. The molecule has 0 aliphatic heterocycles. The minimum Gasteiger partial charge on any atom is -0.496 e. The first kappa shape index (κ1) is 23.6. The van der Waals surface area contributed by atoms with Crippen LogP contribution < -0.4 is 14.8 Å². The van der Waals surface area contributed by atoms with Crippen LogP contribution in [-0.4, -0.2) is 23.1 Å². The molecule has 0 atom stereocenters. The van der Waals surface area contributed by atoms with Crippen LogP contribution in [-0.2, 0) is 12.8 Å². The van der Waals surface area contributed by atoms with Crippen molar-refractivity contribution in [2.45, 2.75) is 55.9 Å². The van der Waals surface area contributed by atoms with E-state index in [1.807, 2.05) is 30.6 Å². The van der Waals surface area contributed by atoms with Crippen LogP contribution >= 0.6 is 23.5 Å². The zero-order valence-electron chi connectivity index (χ0n) is 18.6. The van der Waals surface area contributed by atoms with Gasteiger partial charge >= 0.3 is 0 Å². The lowest BCUT2D eigenvalue weighted by Crippen LogP contribution is -2.23. The Morgan fingerprint density at radius 1 is 1.09 bits per heavy atom. The Morgan fingerprint density at radius 2 is 1.85 bits per heavy atom. The number of halogens is 2. The van der Waals surface area contributed by atoms with Gasteiger partial charge in [-0.3, -0.25) is 0 Å². The van der Waals surface area contributed by atoms with Gasteiger partial charge in [-0.05, 0) is 67.0 Å². The molecule has 0 saturated heterocycles. The molecule has 0 unspecified atom stereocenters. The molecule has 8 heteroatoms. The first-order chi connectivity index (χ1) is 16.1. The van der Waals surface area contributed by atoms with E-state index < -0.39 is 0 Å². The van der Waals surface area contributed by atoms with E-state index in [9.17, 15) is 4.39 Å². The Bertz CT molecular complexity index is 1060. The lowest BCUT2D eigenvalue weighted by atomic mass is 9.96. The van der Waals surface area contributed by atoms with E-state index in [-0.39, 0.29) is 5.82 Å². The number of hydrogen-bond acceptors (Lipinski definition) is 6. The van der Waals surface area contributed by atoms with Gasteiger partial charge in [-0.2, -0.15) is 0 Å². The number of rotatable bonds is 9. The summed E-state index contributed by atoms with van der Waals surface area (Å²) in [6, 6.07) is 11.1. The van der Waals surface area contributed by atoms with Crippen molar-refractivity contribution < 1.29 is 9.13 Å². The molecule has 0 bridgehead atoms. The molecule has 2 N–H and O–H groups in total. The second-order valence-corrected chi connectivity index (χ2v) is 9.43. The van der Waals surface area contributed by atoms with Gasteiger partial charge in [-0.25, -0.2) is 14.4 Å². The van der Waals surface area contributed by atoms with Crippen LogP contribution in [0.2, 0.25) is 5.02 Å². The van der Waals surface area contributed by atoms with Crippen molar-refractivity contribution in [1.29, 1.82) is 0 Å². The Balaban J connectivity index is 1.36. The summed E-state index contributed by atoms with van der Waals surface area (Å²) in [5.74, 6) is 0.976. The summed E-state index contributed by atoms with van der Waals surface area (Å²) in [4.78, 5) is 9.76. The number of anilines is 2. The van der Waals surface area contributed by atoms with Crippen molar-refractivity contribution in [3.8, 4) is 5.75 Å². The number of nitrogens with one attached hydrogen (secondary N) is 2. The van der Waals surface area contributed by atoms with E-state index in [0.717, 1.165) is 16.0 Å². The van der Waals surface area contributed by atoms with Crippen molar-refractivity contribution in [2.75, 3.05) is 17.1 Å². The Kier molecular flexibility index (Phi) is 8.29. The van der Waals surface area contributed by atoms with E-state index in [4.69, 9.17) is 16.3 Å². The van der Waals surface area contributed by atoms with E-state index >= 15 is 0 Å². The normalized spacial score (nSPS) is 14.2. The van der Waals surface area contributed by atoms with Gasteiger partial charge in [0.25, 0.3) is 0 Å². The standard InChI is InChI=1S/C25H28ClFN4OS/c1-32-23-14-22(31-33-24-10-6-5-9-20(24)26)21(27)13-18(23)12-11-17-15-28-25(29-16-17)30-19-7-3-2-4-8-19/h5-6,9-10,13-16,19,31H,2-4,7-8,11-12H2,1H3,(H,28,29,30). The topological polar surface area (TPSA) is 59.1 Å². The third-order valence-corrected chi connectivity index (χ3v) is 7.14. The Hall–Kier alpha value is -2.51. The number of hydrogen-bond donors (Lipinski definition) is 2. The first-order valence-electron chi connectivity index (χ1n) is 11.2. The summed E-state index contributed by atoms with van der Waals surface area (Å²) in [6.07, 6.45) is 11.2. The molecule has 1 aliphatic carbocycles. The number of benzene rings is 2. The molecule has 0 spiro atoms. The van der Waals surface area contributed by atoms with Crippen molar-refractivity contribution in [1.82, 2.24) is 9.97 Å². The van der Waals surface area contributed by atoms with Gasteiger partial charge in [-0.1, -0.05) is 43.0 Å². The zero-order valence-corrected chi connectivity index (χ0v) is 20.2. The quantitative estimate of drug-likeness (QED) is 0.320. The van der Waals surface area contributed by atoms with Crippen molar-refractivity contribution >= 4 is 35.2 Å². The maximum atomic E-state index is 14.8. The summed E-state index contributed by atoms with van der Waals surface area (Å²) < 4.78 is 23.3.